The highest BCUT2D eigenvalue weighted by Gasteiger charge is 2.19. The van der Waals surface area contributed by atoms with Gasteiger partial charge in [0.2, 0.25) is 11.8 Å². The summed E-state index contributed by atoms with van der Waals surface area (Å²) < 4.78 is 27.7. The van der Waals surface area contributed by atoms with Gasteiger partial charge in [0, 0.05) is 6.07 Å². The van der Waals surface area contributed by atoms with E-state index in [4.69, 9.17) is 5.73 Å². The van der Waals surface area contributed by atoms with E-state index in [0.29, 0.717) is 8.68 Å². The van der Waals surface area contributed by atoms with E-state index < -0.39 is 28.7 Å². The Morgan fingerprint density at radius 2 is 2.04 bits per heavy atom. The van der Waals surface area contributed by atoms with Crippen molar-refractivity contribution in [3.8, 4) is 0 Å². The van der Waals surface area contributed by atoms with Gasteiger partial charge >= 0.3 is 0 Å². The first kappa shape index (κ1) is 18.6. The summed E-state index contributed by atoms with van der Waals surface area (Å²) in [5.74, 6) is -2.23. The molecule has 0 bridgehead atoms. The summed E-state index contributed by atoms with van der Waals surface area (Å²) in [7, 11) is 0. The number of amides is 2. The van der Waals surface area contributed by atoms with E-state index in [9.17, 15) is 18.4 Å². The summed E-state index contributed by atoms with van der Waals surface area (Å²) in [4.78, 5) is 22.8. The van der Waals surface area contributed by atoms with Gasteiger partial charge in [-0.1, -0.05) is 34.9 Å². The molecule has 3 N–H and O–H groups in total. The third-order valence-electron chi connectivity index (χ3n) is 2.56. The molecular weight excluding hydrogens is 378 g/mol. The lowest BCUT2D eigenvalue weighted by atomic mass is 10.3. The second-order valence-corrected chi connectivity index (χ2v) is 8.25. The molecule has 0 saturated heterocycles. The summed E-state index contributed by atoms with van der Waals surface area (Å²) >= 11 is 3.49. The van der Waals surface area contributed by atoms with Crippen molar-refractivity contribution >= 4 is 52.4 Å². The molecule has 24 heavy (non-hydrogen) atoms. The number of nitrogens with zero attached hydrogens (tertiary/aromatic N) is 2. The summed E-state index contributed by atoms with van der Waals surface area (Å²) in [5, 5.41) is 9.50. The molecule has 1 heterocycles. The minimum Gasteiger partial charge on any atom is -0.369 e. The highest BCUT2D eigenvalue weighted by atomic mass is 32.2. The van der Waals surface area contributed by atoms with E-state index in [-0.39, 0.29) is 11.4 Å². The zero-order valence-corrected chi connectivity index (χ0v) is 14.7. The highest BCUT2D eigenvalue weighted by molar-refractivity contribution is 8.04. The number of anilines is 1. The number of benzene rings is 1. The van der Waals surface area contributed by atoms with Crippen molar-refractivity contribution in [3.05, 3.63) is 29.8 Å². The number of carbonyl (C=O) groups is 2. The fraction of sp³-hybridized carbons (Fsp3) is 0.231. The van der Waals surface area contributed by atoms with Gasteiger partial charge < -0.3 is 11.1 Å². The Kier molecular flexibility index (Phi) is 6.52. The molecule has 11 heteroatoms. The van der Waals surface area contributed by atoms with Gasteiger partial charge in [-0.2, -0.15) is 0 Å². The van der Waals surface area contributed by atoms with Crippen LogP contribution in [0.3, 0.4) is 0 Å². The van der Waals surface area contributed by atoms with Gasteiger partial charge in [-0.3, -0.25) is 9.59 Å². The minimum absolute atomic E-state index is 0.0915. The fourth-order valence-corrected chi connectivity index (χ4v) is 4.37. The standard InChI is InChI=1S/C13H12F2N4O2S3/c1-6(11(21)17-9-4-7(14)2-3-8(9)15)23-13-19-18-12(24-13)22-5-10(16)20/h2-4,6H,5H2,1H3,(H2,16,20)(H,17,21). The predicted octanol–water partition coefficient (Wildman–Crippen LogP) is 2.51. The van der Waals surface area contributed by atoms with Crippen molar-refractivity contribution in [2.24, 2.45) is 5.73 Å². The molecule has 1 atom stereocenters. The smallest absolute Gasteiger partial charge is 0.237 e. The second-order valence-electron chi connectivity index (χ2n) is 4.46. The van der Waals surface area contributed by atoms with Crippen molar-refractivity contribution in [2.75, 3.05) is 11.1 Å². The van der Waals surface area contributed by atoms with Gasteiger partial charge in [-0.25, -0.2) is 8.78 Å². The average molecular weight is 390 g/mol. The number of rotatable bonds is 7. The molecule has 1 aromatic heterocycles. The van der Waals surface area contributed by atoms with Crippen LogP contribution in [0.15, 0.2) is 26.9 Å². The van der Waals surface area contributed by atoms with Crippen LogP contribution in [0.1, 0.15) is 6.92 Å². The molecule has 2 amide bonds. The first-order valence-corrected chi connectivity index (χ1v) is 9.20. The van der Waals surface area contributed by atoms with Crippen molar-refractivity contribution < 1.29 is 18.4 Å². The summed E-state index contributed by atoms with van der Waals surface area (Å²) in [6.07, 6.45) is 0. The van der Waals surface area contributed by atoms with Crippen LogP contribution in [0.25, 0.3) is 0 Å². The van der Waals surface area contributed by atoms with Gasteiger partial charge in [-0.05, 0) is 19.1 Å². The molecule has 0 aliphatic rings. The van der Waals surface area contributed by atoms with E-state index in [1.165, 1.54) is 11.3 Å². The topological polar surface area (TPSA) is 98.0 Å². The third-order valence-corrected chi connectivity index (χ3v) is 5.82. The SMILES string of the molecule is CC(Sc1nnc(SCC(N)=O)s1)C(=O)Nc1cc(F)ccc1F. The number of halogens is 2. The van der Waals surface area contributed by atoms with E-state index in [0.717, 1.165) is 41.7 Å². The fourth-order valence-electron chi connectivity index (χ4n) is 1.47. The lowest BCUT2D eigenvalue weighted by molar-refractivity contribution is -0.116. The van der Waals surface area contributed by atoms with Crippen LogP contribution in [0.2, 0.25) is 0 Å². The minimum atomic E-state index is -0.719. The van der Waals surface area contributed by atoms with Crippen LogP contribution >= 0.6 is 34.9 Å². The number of nitrogens with one attached hydrogen (secondary N) is 1. The number of hydrogen-bond acceptors (Lipinski definition) is 7. The molecule has 0 aliphatic carbocycles. The molecule has 0 aliphatic heterocycles. The zero-order valence-electron chi connectivity index (χ0n) is 12.3. The van der Waals surface area contributed by atoms with Crippen molar-refractivity contribution in [2.45, 2.75) is 20.9 Å². The zero-order chi connectivity index (χ0) is 17.7. The number of primary amides is 1. The maximum Gasteiger partial charge on any atom is 0.237 e. The molecule has 6 nitrogen and oxygen atoms in total. The number of aromatic nitrogens is 2. The Bertz CT molecular complexity index is 757. The number of nitrogens with two attached hydrogens (primary N) is 1. The Hall–Kier alpha value is -1.72. The first-order valence-electron chi connectivity index (χ1n) is 6.52. The molecule has 1 aromatic carbocycles. The van der Waals surface area contributed by atoms with Crippen LogP contribution in [0.5, 0.6) is 0 Å². The van der Waals surface area contributed by atoms with Crippen LogP contribution in [0.4, 0.5) is 14.5 Å². The van der Waals surface area contributed by atoms with E-state index in [2.05, 4.69) is 15.5 Å². The number of thioether (sulfide) groups is 2. The van der Waals surface area contributed by atoms with Gasteiger partial charge in [-0.15, -0.1) is 10.2 Å². The Balaban J connectivity index is 1.94. The van der Waals surface area contributed by atoms with Crippen LogP contribution < -0.4 is 11.1 Å². The quantitative estimate of drug-likeness (QED) is 0.705. The molecule has 0 saturated carbocycles. The second kappa shape index (κ2) is 8.40. The molecule has 2 rings (SSSR count). The van der Waals surface area contributed by atoms with Gasteiger partial charge in [0.05, 0.1) is 16.7 Å². The monoisotopic (exact) mass is 390 g/mol. The largest absolute Gasteiger partial charge is 0.369 e. The Morgan fingerprint density at radius 3 is 2.75 bits per heavy atom. The van der Waals surface area contributed by atoms with Gasteiger partial charge in [0.15, 0.2) is 8.68 Å². The Morgan fingerprint density at radius 1 is 1.33 bits per heavy atom. The summed E-state index contributed by atoms with van der Waals surface area (Å²) in [6, 6.07) is 2.82. The molecule has 1 unspecified atom stereocenters. The number of carbonyl (C=O) groups excluding carboxylic acids is 2. The van der Waals surface area contributed by atoms with E-state index in [1.54, 1.807) is 6.92 Å². The van der Waals surface area contributed by atoms with Crippen molar-refractivity contribution in [1.82, 2.24) is 10.2 Å². The third kappa shape index (κ3) is 5.42. The lowest BCUT2D eigenvalue weighted by Gasteiger charge is -2.10. The van der Waals surface area contributed by atoms with E-state index >= 15 is 0 Å². The van der Waals surface area contributed by atoms with Crippen LogP contribution in [-0.2, 0) is 9.59 Å². The van der Waals surface area contributed by atoms with E-state index in [1.807, 2.05) is 0 Å². The normalized spacial score (nSPS) is 12.0. The van der Waals surface area contributed by atoms with Crippen molar-refractivity contribution in [3.63, 3.8) is 0 Å². The maximum atomic E-state index is 13.5. The van der Waals surface area contributed by atoms with Gasteiger partial charge in [0.1, 0.15) is 11.6 Å². The average Bonchev–Trinajstić information content (AvgIpc) is 2.96. The highest BCUT2D eigenvalue weighted by Crippen LogP contribution is 2.31. The Labute approximate surface area is 148 Å². The summed E-state index contributed by atoms with van der Waals surface area (Å²) in [6.45, 7) is 1.61. The lowest BCUT2D eigenvalue weighted by Crippen LogP contribution is -2.23. The number of hydrogen-bond donors (Lipinski definition) is 2. The van der Waals surface area contributed by atoms with Crippen LogP contribution in [-0.4, -0.2) is 33.0 Å². The predicted molar refractivity (Wildman–Crippen MR) is 90.1 cm³/mol. The molecule has 2 aromatic rings. The first-order chi connectivity index (χ1) is 11.3. The molecule has 128 valence electrons. The molecule has 0 spiro atoms. The summed E-state index contributed by atoms with van der Waals surface area (Å²) in [5.41, 5.74) is 4.82. The maximum absolute atomic E-state index is 13.5. The van der Waals surface area contributed by atoms with Gasteiger partial charge in [0.25, 0.3) is 0 Å². The van der Waals surface area contributed by atoms with Crippen LogP contribution in [0, 0.1) is 11.6 Å². The molecule has 0 fully saturated rings. The van der Waals surface area contributed by atoms with Crippen molar-refractivity contribution in [1.29, 1.82) is 0 Å². The molecular formula is C13H12F2N4O2S3. The molecule has 0 radical (unpaired) electrons.